The number of carbonyl (C=O) groups excluding carboxylic acids is 1. The van der Waals surface area contributed by atoms with Crippen molar-refractivity contribution in [3.8, 4) is 0 Å². The molecule has 1 rings (SSSR count). The Morgan fingerprint density at radius 2 is 1.92 bits per heavy atom. The van der Waals surface area contributed by atoms with Gasteiger partial charge < -0.3 is 14.7 Å². The Hall–Kier alpha value is -1.88. The quantitative estimate of drug-likeness (QED) is 0.737. The van der Waals surface area contributed by atoms with Gasteiger partial charge in [0.25, 0.3) is 0 Å². The molecule has 2 atom stereocenters. The third-order valence-electron chi connectivity index (χ3n) is 4.76. The van der Waals surface area contributed by atoms with E-state index in [-0.39, 0.29) is 17.3 Å². The molecule has 4 nitrogen and oxygen atoms in total. The maximum Gasteiger partial charge on any atom is 0.409 e. The molecule has 5 heteroatoms. The fourth-order valence-corrected chi connectivity index (χ4v) is 2.70. The standard InChI is InChI=1S/C20H30FNO3/c1-7-12-20(24,16-8-10-17(21)11-9-16)13-14-22(18(23)25-6)15(2)19(3,4)5/h7-11,15,24H,1,12-14H2,2-6H3/t15?,20-/m0/s1. The summed E-state index contributed by atoms with van der Waals surface area (Å²) >= 11 is 0. The lowest BCUT2D eigenvalue weighted by Crippen LogP contribution is -2.47. The number of ether oxygens (including phenoxy) is 1. The van der Waals surface area contributed by atoms with Crippen molar-refractivity contribution in [1.29, 1.82) is 0 Å². The van der Waals surface area contributed by atoms with Crippen LogP contribution in [0.15, 0.2) is 36.9 Å². The molecular weight excluding hydrogens is 321 g/mol. The molecule has 140 valence electrons. The third kappa shape index (κ3) is 5.56. The maximum atomic E-state index is 13.2. The molecule has 0 saturated carbocycles. The number of hydrogen-bond donors (Lipinski definition) is 1. The van der Waals surface area contributed by atoms with E-state index in [0.717, 1.165) is 0 Å². The van der Waals surface area contributed by atoms with Crippen LogP contribution in [0.2, 0.25) is 0 Å². The highest BCUT2D eigenvalue weighted by Crippen LogP contribution is 2.32. The second-order valence-corrected chi connectivity index (χ2v) is 7.49. The first-order chi connectivity index (χ1) is 11.5. The van der Waals surface area contributed by atoms with E-state index in [2.05, 4.69) is 6.58 Å². The number of benzene rings is 1. The van der Waals surface area contributed by atoms with E-state index >= 15 is 0 Å². The molecule has 0 spiro atoms. The highest BCUT2D eigenvalue weighted by Gasteiger charge is 2.34. The molecule has 0 fully saturated rings. The molecule has 1 aromatic carbocycles. The predicted molar refractivity (Wildman–Crippen MR) is 97.8 cm³/mol. The Kier molecular flexibility index (Phi) is 7.17. The zero-order valence-corrected chi connectivity index (χ0v) is 15.9. The molecule has 0 bridgehead atoms. The van der Waals surface area contributed by atoms with Gasteiger partial charge in [-0.2, -0.15) is 0 Å². The van der Waals surface area contributed by atoms with Crippen molar-refractivity contribution in [3.63, 3.8) is 0 Å². The Labute approximate surface area is 150 Å². The zero-order chi connectivity index (χ0) is 19.3. The van der Waals surface area contributed by atoms with Crippen LogP contribution in [0.4, 0.5) is 9.18 Å². The number of carbonyl (C=O) groups is 1. The van der Waals surface area contributed by atoms with E-state index in [9.17, 15) is 14.3 Å². The van der Waals surface area contributed by atoms with Gasteiger partial charge in [-0.1, -0.05) is 39.0 Å². The van der Waals surface area contributed by atoms with E-state index in [1.807, 2.05) is 27.7 Å². The number of amides is 1. The summed E-state index contributed by atoms with van der Waals surface area (Å²) < 4.78 is 18.1. The van der Waals surface area contributed by atoms with Gasteiger partial charge in [0.2, 0.25) is 0 Å². The summed E-state index contributed by atoms with van der Waals surface area (Å²) in [6.07, 6.45) is 1.79. The number of aliphatic hydroxyl groups is 1. The van der Waals surface area contributed by atoms with Gasteiger partial charge in [0, 0.05) is 12.6 Å². The van der Waals surface area contributed by atoms with E-state index in [1.54, 1.807) is 23.1 Å². The molecule has 1 unspecified atom stereocenters. The van der Waals surface area contributed by atoms with E-state index in [0.29, 0.717) is 24.9 Å². The molecule has 1 N–H and O–H groups in total. The summed E-state index contributed by atoms with van der Waals surface area (Å²) in [5.74, 6) is -0.359. The minimum absolute atomic E-state index is 0.0823. The molecule has 0 heterocycles. The lowest BCUT2D eigenvalue weighted by atomic mass is 9.84. The van der Waals surface area contributed by atoms with E-state index < -0.39 is 11.7 Å². The van der Waals surface area contributed by atoms with Crippen molar-refractivity contribution in [2.45, 2.75) is 52.2 Å². The lowest BCUT2D eigenvalue weighted by Gasteiger charge is -2.39. The van der Waals surface area contributed by atoms with Gasteiger partial charge in [-0.15, -0.1) is 6.58 Å². The van der Waals surface area contributed by atoms with Crippen LogP contribution in [-0.4, -0.2) is 35.8 Å². The molecule has 0 saturated heterocycles. The first kappa shape index (κ1) is 21.2. The van der Waals surface area contributed by atoms with Gasteiger partial charge in [0.1, 0.15) is 5.82 Å². The van der Waals surface area contributed by atoms with Crippen LogP contribution in [-0.2, 0) is 10.3 Å². The maximum absolute atomic E-state index is 13.2. The average molecular weight is 351 g/mol. The molecule has 0 aliphatic rings. The van der Waals surface area contributed by atoms with E-state index in [1.165, 1.54) is 19.2 Å². The van der Waals surface area contributed by atoms with E-state index in [4.69, 9.17) is 4.74 Å². The van der Waals surface area contributed by atoms with Crippen LogP contribution < -0.4 is 0 Å². The fraction of sp³-hybridized carbons (Fsp3) is 0.550. The molecule has 0 aromatic heterocycles. The monoisotopic (exact) mass is 351 g/mol. The summed E-state index contributed by atoms with van der Waals surface area (Å²) in [6.45, 7) is 12.1. The van der Waals surface area contributed by atoms with Gasteiger partial charge in [0.15, 0.2) is 0 Å². The van der Waals surface area contributed by atoms with Crippen molar-refractivity contribution in [2.24, 2.45) is 5.41 Å². The molecule has 1 amide bonds. The Morgan fingerprint density at radius 3 is 2.36 bits per heavy atom. The van der Waals surface area contributed by atoms with Gasteiger partial charge in [-0.3, -0.25) is 0 Å². The number of nitrogens with zero attached hydrogens (tertiary/aromatic N) is 1. The molecular formula is C20H30FNO3. The fourth-order valence-electron chi connectivity index (χ4n) is 2.70. The van der Waals surface area contributed by atoms with Crippen molar-refractivity contribution >= 4 is 6.09 Å². The highest BCUT2D eigenvalue weighted by molar-refractivity contribution is 5.67. The molecule has 0 aliphatic heterocycles. The van der Waals surface area contributed by atoms with Crippen molar-refractivity contribution in [3.05, 3.63) is 48.3 Å². The van der Waals surface area contributed by atoms with Crippen LogP contribution in [0.5, 0.6) is 0 Å². The summed E-state index contributed by atoms with van der Waals surface area (Å²) in [6, 6.07) is 5.68. The topological polar surface area (TPSA) is 49.8 Å². The van der Waals surface area contributed by atoms with Crippen LogP contribution in [0, 0.1) is 11.2 Å². The minimum atomic E-state index is -1.22. The molecule has 0 aliphatic carbocycles. The molecule has 0 radical (unpaired) electrons. The van der Waals surface area contributed by atoms with Crippen LogP contribution in [0.3, 0.4) is 0 Å². The average Bonchev–Trinajstić information content (AvgIpc) is 2.54. The van der Waals surface area contributed by atoms with Gasteiger partial charge in [-0.05, 0) is 42.9 Å². The van der Waals surface area contributed by atoms with Crippen molar-refractivity contribution < 1.29 is 19.0 Å². The lowest BCUT2D eigenvalue weighted by molar-refractivity contribution is 0.00839. The number of halogens is 1. The second-order valence-electron chi connectivity index (χ2n) is 7.49. The number of rotatable bonds is 7. The smallest absolute Gasteiger partial charge is 0.409 e. The van der Waals surface area contributed by atoms with Crippen LogP contribution in [0.1, 0.15) is 46.1 Å². The summed E-state index contributed by atoms with van der Waals surface area (Å²) in [5.41, 5.74) is -0.762. The number of methoxy groups -OCH3 is 1. The second kappa shape index (κ2) is 8.48. The highest BCUT2D eigenvalue weighted by atomic mass is 19.1. The first-order valence-electron chi connectivity index (χ1n) is 8.49. The normalized spacial score (nSPS) is 15.2. The first-order valence-corrected chi connectivity index (χ1v) is 8.49. The zero-order valence-electron chi connectivity index (χ0n) is 15.9. The summed E-state index contributed by atoms with van der Waals surface area (Å²) in [4.78, 5) is 13.8. The summed E-state index contributed by atoms with van der Waals surface area (Å²) in [7, 11) is 1.35. The number of hydrogen-bond acceptors (Lipinski definition) is 3. The van der Waals surface area contributed by atoms with Crippen LogP contribution >= 0.6 is 0 Å². The van der Waals surface area contributed by atoms with Crippen molar-refractivity contribution in [2.75, 3.05) is 13.7 Å². The third-order valence-corrected chi connectivity index (χ3v) is 4.76. The Bertz CT molecular complexity index is 580. The summed E-state index contributed by atoms with van der Waals surface area (Å²) in [5, 5.41) is 11.1. The predicted octanol–water partition coefficient (Wildman–Crippen LogP) is 4.48. The largest absolute Gasteiger partial charge is 0.453 e. The van der Waals surface area contributed by atoms with Crippen molar-refractivity contribution in [1.82, 2.24) is 4.90 Å². The SMILES string of the molecule is C=CC[C@](O)(CCN(C(=O)OC)C(C)C(C)(C)C)c1ccc(F)cc1. The molecule has 1 aromatic rings. The minimum Gasteiger partial charge on any atom is -0.453 e. The molecule has 25 heavy (non-hydrogen) atoms. The Balaban J connectivity index is 3.04. The van der Waals surface area contributed by atoms with Gasteiger partial charge >= 0.3 is 6.09 Å². The van der Waals surface area contributed by atoms with Gasteiger partial charge in [0.05, 0.1) is 12.7 Å². The van der Waals surface area contributed by atoms with Crippen LogP contribution in [0.25, 0.3) is 0 Å². The Morgan fingerprint density at radius 1 is 1.36 bits per heavy atom. The van der Waals surface area contributed by atoms with Gasteiger partial charge in [-0.25, -0.2) is 9.18 Å².